The van der Waals surface area contributed by atoms with E-state index in [9.17, 15) is 4.79 Å². The summed E-state index contributed by atoms with van der Waals surface area (Å²) in [4.78, 5) is 13.9. The molecule has 0 aromatic rings. The second-order valence-corrected chi connectivity index (χ2v) is 6.46. The van der Waals surface area contributed by atoms with Crippen molar-refractivity contribution < 1.29 is 4.79 Å². The molecular formula is C14H25N3O. The van der Waals surface area contributed by atoms with E-state index >= 15 is 0 Å². The molecule has 3 aliphatic carbocycles. The second kappa shape index (κ2) is 5.08. The van der Waals surface area contributed by atoms with Crippen molar-refractivity contribution in [1.82, 2.24) is 10.2 Å². The summed E-state index contributed by atoms with van der Waals surface area (Å²) in [6.07, 6.45) is 7.91. The molecule has 0 spiro atoms. The number of amides is 2. The summed E-state index contributed by atoms with van der Waals surface area (Å²) in [5, 5.41) is 3.13. The standard InChI is InChI=1S/C14H25N3O/c15-13-5-6-17(9-13)14(18)16-8-12-7-10-1-3-11(12)4-2-10/h10-13H,1-9,15H2,(H,16,18). The molecule has 0 aromatic heterocycles. The van der Waals surface area contributed by atoms with Crippen LogP contribution in [0.2, 0.25) is 0 Å². The quantitative estimate of drug-likeness (QED) is 0.782. The zero-order valence-corrected chi connectivity index (χ0v) is 11.1. The molecule has 3 N–H and O–H groups in total. The molecule has 1 heterocycles. The normalized spacial score (nSPS) is 39.1. The van der Waals surface area contributed by atoms with Crippen LogP contribution in [0.3, 0.4) is 0 Å². The van der Waals surface area contributed by atoms with Crippen LogP contribution in [0.1, 0.15) is 38.5 Å². The average Bonchev–Trinajstić information content (AvgIpc) is 2.84. The summed E-state index contributed by atoms with van der Waals surface area (Å²) in [6.45, 7) is 2.43. The highest BCUT2D eigenvalue weighted by molar-refractivity contribution is 5.74. The number of hydrogen-bond acceptors (Lipinski definition) is 2. The number of nitrogens with one attached hydrogen (secondary N) is 1. The summed E-state index contributed by atoms with van der Waals surface area (Å²) in [7, 11) is 0. The average molecular weight is 251 g/mol. The lowest BCUT2D eigenvalue weighted by molar-refractivity contribution is 0.0980. The maximum absolute atomic E-state index is 12.0. The highest BCUT2D eigenvalue weighted by Crippen LogP contribution is 2.44. The number of hydrogen-bond donors (Lipinski definition) is 2. The third-order valence-electron chi connectivity index (χ3n) is 5.22. The first-order chi connectivity index (χ1) is 8.72. The van der Waals surface area contributed by atoms with Crippen molar-refractivity contribution in [3.05, 3.63) is 0 Å². The van der Waals surface area contributed by atoms with E-state index in [2.05, 4.69) is 5.32 Å². The predicted molar refractivity (Wildman–Crippen MR) is 71.1 cm³/mol. The van der Waals surface area contributed by atoms with Crippen molar-refractivity contribution in [3.8, 4) is 0 Å². The SMILES string of the molecule is NC1CCN(C(=O)NCC2CC3CCC2CC3)C1. The minimum Gasteiger partial charge on any atom is -0.338 e. The molecular weight excluding hydrogens is 226 g/mol. The van der Waals surface area contributed by atoms with Crippen LogP contribution < -0.4 is 11.1 Å². The minimum atomic E-state index is 0.101. The van der Waals surface area contributed by atoms with Crippen molar-refractivity contribution >= 4 is 6.03 Å². The van der Waals surface area contributed by atoms with Crippen LogP contribution >= 0.6 is 0 Å². The van der Waals surface area contributed by atoms with Gasteiger partial charge in [0.2, 0.25) is 0 Å². The molecule has 3 saturated carbocycles. The van der Waals surface area contributed by atoms with Gasteiger partial charge < -0.3 is 16.0 Å². The Hall–Kier alpha value is -0.770. The molecule has 2 bridgehead atoms. The predicted octanol–water partition coefficient (Wildman–Crippen LogP) is 1.56. The van der Waals surface area contributed by atoms with Crippen molar-refractivity contribution in [2.75, 3.05) is 19.6 Å². The fraction of sp³-hybridized carbons (Fsp3) is 0.929. The van der Waals surface area contributed by atoms with Gasteiger partial charge >= 0.3 is 6.03 Å². The molecule has 0 radical (unpaired) electrons. The molecule has 102 valence electrons. The van der Waals surface area contributed by atoms with Crippen molar-refractivity contribution in [2.24, 2.45) is 23.5 Å². The van der Waals surface area contributed by atoms with Crippen LogP contribution in [0.5, 0.6) is 0 Å². The monoisotopic (exact) mass is 251 g/mol. The molecule has 1 aliphatic heterocycles. The molecule has 4 fully saturated rings. The topological polar surface area (TPSA) is 58.4 Å². The van der Waals surface area contributed by atoms with Crippen LogP contribution in [-0.2, 0) is 0 Å². The highest BCUT2D eigenvalue weighted by atomic mass is 16.2. The Labute approximate surface area is 109 Å². The summed E-state index contributed by atoms with van der Waals surface area (Å²) in [5.41, 5.74) is 5.83. The highest BCUT2D eigenvalue weighted by Gasteiger charge is 2.35. The van der Waals surface area contributed by atoms with Crippen molar-refractivity contribution in [2.45, 2.75) is 44.6 Å². The van der Waals surface area contributed by atoms with Crippen LogP contribution in [0, 0.1) is 17.8 Å². The molecule has 2 atom stereocenters. The van der Waals surface area contributed by atoms with Gasteiger partial charge in [-0.2, -0.15) is 0 Å². The lowest BCUT2D eigenvalue weighted by Crippen LogP contribution is -2.44. The zero-order valence-electron chi connectivity index (χ0n) is 11.1. The van der Waals surface area contributed by atoms with Gasteiger partial charge in [-0.1, -0.05) is 12.8 Å². The van der Waals surface area contributed by atoms with Gasteiger partial charge in [0.15, 0.2) is 0 Å². The number of likely N-dealkylation sites (tertiary alicyclic amines) is 1. The molecule has 0 aromatic carbocycles. The molecule has 1 saturated heterocycles. The van der Waals surface area contributed by atoms with Crippen LogP contribution in [-0.4, -0.2) is 36.6 Å². The molecule has 4 rings (SSSR count). The first-order valence-corrected chi connectivity index (χ1v) is 7.50. The number of urea groups is 1. The van der Waals surface area contributed by atoms with Gasteiger partial charge in [0.25, 0.3) is 0 Å². The fourth-order valence-corrected chi connectivity index (χ4v) is 4.07. The maximum atomic E-state index is 12.0. The molecule has 2 unspecified atom stereocenters. The van der Waals surface area contributed by atoms with E-state index < -0.39 is 0 Å². The summed E-state index contributed by atoms with van der Waals surface area (Å²) >= 11 is 0. The van der Waals surface area contributed by atoms with E-state index in [4.69, 9.17) is 5.73 Å². The first kappa shape index (κ1) is 12.3. The Morgan fingerprint density at radius 2 is 2.00 bits per heavy atom. The number of fused-ring (bicyclic) bond motifs is 3. The van der Waals surface area contributed by atoms with Gasteiger partial charge in [-0.15, -0.1) is 0 Å². The number of carbonyl (C=O) groups is 1. The molecule has 4 nitrogen and oxygen atoms in total. The molecule has 4 aliphatic rings. The maximum Gasteiger partial charge on any atom is 0.317 e. The Bertz CT molecular complexity index is 312. The Balaban J connectivity index is 1.45. The lowest BCUT2D eigenvalue weighted by Gasteiger charge is -2.42. The molecule has 18 heavy (non-hydrogen) atoms. The van der Waals surface area contributed by atoms with Gasteiger partial charge in [-0.3, -0.25) is 0 Å². The van der Waals surface area contributed by atoms with Crippen molar-refractivity contribution in [1.29, 1.82) is 0 Å². The van der Waals surface area contributed by atoms with E-state index in [0.29, 0.717) is 0 Å². The number of rotatable bonds is 2. The summed E-state index contributed by atoms with van der Waals surface area (Å²) in [6, 6.07) is 0.283. The van der Waals surface area contributed by atoms with Gasteiger partial charge in [-0.05, 0) is 43.4 Å². The van der Waals surface area contributed by atoms with Gasteiger partial charge in [0.05, 0.1) is 0 Å². The zero-order chi connectivity index (χ0) is 12.5. The number of nitrogens with two attached hydrogens (primary N) is 1. The Kier molecular flexibility index (Phi) is 3.46. The van der Waals surface area contributed by atoms with Crippen LogP contribution in [0.15, 0.2) is 0 Å². The number of nitrogens with zero attached hydrogens (tertiary/aromatic N) is 1. The van der Waals surface area contributed by atoms with E-state index in [0.717, 1.165) is 43.8 Å². The van der Waals surface area contributed by atoms with E-state index in [1.165, 1.54) is 32.1 Å². The summed E-state index contributed by atoms with van der Waals surface area (Å²) < 4.78 is 0. The minimum absolute atomic E-state index is 0.101. The van der Waals surface area contributed by atoms with E-state index in [1.807, 2.05) is 4.90 Å². The smallest absolute Gasteiger partial charge is 0.317 e. The first-order valence-electron chi connectivity index (χ1n) is 7.50. The van der Waals surface area contributed by atoms with E-state index in [1.54, 1.807) is 0 Å². The third-order valence-corrected chi connectivity index (χ3v) is 5.22. The van der Waals surface area contributed by atoms with Gasteiger partial charge in [-0.25, -0.2) is 4.79 Å². The molecule has 2 amide bonds. The number of carbonyl (C=O) groups excluding carboxylic acids is 1. The van der Waals surface area contributed by atoms with Gasteiger partial charge in [0.1, 0.15) is 0 Å². The van der Waals surface area contributed by atoms with E-state index in [-0.39, 0.29) is 12.1 Å². The fourth-order valence-electron chi connectivity index (χ4n) is 4.07. The van der Waals surface area contributed by atoms with Gasteiger partial charge in [0, 0.05) is 25.7 Å². The Morgan fingerprint density at radius 1 is 1.22 bits per heavy atom. The van der Waals surface area contributed by atoms with Crippen LogP contribution in [0.25, 0.3) is 0 Å². The summed E-state index contributed by atoms with van der Waals surface area (Å²) in [5.74, 6) is 2.55. The van der Waals surface area contributed by atoms with Crippen LogP contribution in [0.4, 0.5) is 4.79 Å². The van der Waals surface area contributed by atoms with Crippen molar-refractivity contribution in [3.63, 3.8) is 0 Å². The lowest BCUT2D eigenvalue weighted by atomic mass is 9.65. The Morgan fingerprint density at radius 3 is 2.56 bits per heavy atom. The largest absolute Gasteiger partial charge is 0.338 e. The third kappa shape index (κ3) is 2.48. The second-order valence-electron chi connectivity index (χ2n) is 6.46. The molecule has 4 heteroatoms.